The fourth-order valence-electron chi connectivity index (χ4n) is 4.39. The van der Waals surface area contributed by atoms with E-state index in [9.17, 15) is 18.8 Å². The molecule has 0 spiro atoms. The van der Waals surface area contributed by atoms with Crippen LogP contribution in [-0.4, -0.2) is 28.7 Å². The molecule has 35 heavy (non-hydrogen) atoms. The first-order valence-electron chi connectivity index (χ1n) is 10.1. The molecule has 2 heterocycles. The highest BCUT2D eigenvalue weighted by molar-refractivity contribution is 9.10. The van der Waals surface area contributed by atoms with E-state index in [1.165, 1.54) is 11.0 Å². The number of hydrogen-bond donors (Lipinski definition) is 0. The van der Waals surface area contributed by atoms with Crippen molar-refractivity contribution in [2.75, 3.05) is 4.90 Å². The molecule has 11 heteroatoms. The lowest BCUT2D eigenvalue weighted by atomic mass is 9.86. The minimum atomic E-state index is -1.23. The van der Waals surface area contributed by atoms with Gasteiger partial charge in [-0.25, -0.2) is 4.39 Å². The number of amides is 3. The van der Waals surface area contributed by atoms with E-state index in [1.54, 1.807) is 43.3 Å². The first kappa shape index (κ1) is 24.5. The molecule has 0 aliphatic carbocycles. The van der Waals surface area contributed by atoms with Gasteiger partial charge in [-0.15, -0.1) is 0 Å². The van der Waals surface area contributed by atoms with Crippen LogP contribution < -0.4 is 4.90 Å². The summed E-state index contributed by atoms with van der Waals surface area (Å²) >= 11 is 28.1. The van der Waals surface area contributed by atoms with Gasteiger partial charge in [0.05, 0.1) is 37.3 Å². The fourth-order valence-corrected chi connectivity index (χ4v) is 5.82. The molecule has 0 N–H and O–H groups in total. The Kier molecular flexibility index (Phi) is 6.13. The number of halogens is 6. The van der Waals surface area contributed by atoms with Gasteiger partial charge in [-0.1, -0.05) is 80.5 Å². The molecule has 3 aromatic carbocycles. The monoisotopic (exact) mass is 614 g/mol. The number of hydrogen-bond acceptors (Lipinski definition) is 3. The van der Waals surface area contributed by atoms with Gasteiger partial charge in [0, 0.05) is 10.2 Å². The van der Waals surface area contributed by atoms with Crippen LogP contribution in [0, 0.1) is 12.7 Å². The number of carbonyl (C=O) groups is 3. The number of imide groups is 1. The first-order chi connectivity index (χ1) is 16.5. The summed E-state index contributed by atoms with van der Waals surface area (Å²) in [5.74, 6) is -2.69. The van der Waals surface area contributed by atoms with Crippen molar-refractivity contribution in [2.24, 2.45) is 0 Å². The molecule has 178 valence electrons. The Bertz CT molecular complexity index is 1430. The van der Waals surface area contributed by atoms with Gasteiger partial charge in [-0.2, -0.15) is 0 Å². The number of fused-ring (bicyclic) bond motifs is 1. The predicted octanol–water partition coefficient (Wildman–Crippen LogP) is 7.26. The fraction of sp³-hybridized carbons (Fsp3) is 0.125. The summed E-state index contributed by atoms with van der Waals surface area (Å²) in [6.45, 7) is 1.61. The molecule has 2 aliphatic rings. The Morgan fingerprint density at radius 3 is 1.94 bits per heavy atom. The Balaban J connectivity index is 1.65. The third-order valence-corrected chi connectivity index (χ3v) is 8.40. The molecule has 2 atom stereocenters. The van der Waals surface area contributed by atoms with E-state index in [1.807, 2.05) is 0 Å². The van der Waals surface area contributed by atoms with Gasteiger partial charge in [-0.05, 0) is 42.3 Å². The summed E-state index contributed by atoms with van der Waals surface area (Å²) in [5.41, 5.74) is 0.900. The summed E-state index contributed by atoms with van der Waals surface area (Å²) in [6.07, 6.45) is 0. The zero-order chi connectivity index (χ0) is 25.3. The summed E-state index contributed by atoms with van der Waals surface area (Å²) in [7, 11) is 0. The second-order valence-electron chi connectivity index (χ2n) is 8.07. The summed E-state index contributed by atoms with van der Waals surface area (Å²) < 4.78 is 15.1. The molecular weight excluding hydrogens is 605 g/mol. The van der Waals surface area contributed by atoms with E-state index in [-0.39, 0.29) is 36.9 Å². The molecule has 3 aromatic rings. The van der Waals surface area contributed by atoms with Crippen LogP contribution in [-0.2, 0) is 4.79 Å². The van der Waals surface area contributed by atoms with Gasteiger partial charge in [0.2, 0.25) is 0 Å². The molecule has 0 saturated carbocycles. The predicted molar refractivity (Wildman–Crippen MR) is 136 cm³/mol. The van der Waals surface area contributed by atoms with Gasteiger partial charge >= 0.3 is 0 Å². The molecule has 1 fully saturated rings. The van der Waals surface area contributed by atoms with Gasteiger partial charge in [-0.3, -0.25) is 19.3 Å². The van der Waals surface area contributed by atoms with Crippen molar-refractivity contribution in [3.63, 3.8) is 0 Å². The van der Waals surface area contributed by atoms with Crippen molar-refractivity contribution in [1.82, 2.24) is 4.90 Å². The number of rotatable bonds is 3. The quantitative estimate of drug-likeness (QED) is 0.135. The van der Waals surface area contributed by atoms with Crippen molar-refractivity contribution < 1.29 is 18.8 Å². The highest BCUT2D eigenvalue weighted by Gasteiger charge is 2.58. The molecule has 1 saturated heterocycles. The average molecular weight is 617 g/mol. The Labute approximate surface area is 227 Å². The van der Waals surface area contributed by atoms with Crippen molar-refractivity contribution in [3.8, 4) is 0 Å². The maximum atomic E-state index is 14.4. The first-order valence-corrected chi connectivity index (χ1v) is 12.4. The number of anilines is 1. The van der Waals surface area contributed by atoms with E-state index in [4.69, 9.17) is 46.4 Å². The molecular formula is C24H12BrCl4FN2O3. The van der Waals surface area contributed by atoms with Crippen LogP contribution in [0.1, 0.15) is 37.9 Å². The maximum Gasteiger partial charge on any atom is 0.264 e. The van der Waals surface area contributed by atoms with E-state index in [2.05, 4.69) is 15.9 Å². The van der Waals surface area contributed by atoms with Gasteiger partial charge in [0.15, 0.2) is 0 Å². The maximum absolute atomic E-state index is 14.4. The minimum absolute atomic E-state index is 0.166. The van der Waals surface area contributed by atoms with E-state index in [0.29, 0.717) is 11.1 Å². The van der Waals surface area contributed by atoms with E-state index in [0.717, 1.165) is 9.37 Å². The SMILES string of the molecule is Cc1ccc(N2C(=O)[C@H](N3C(=O)c4c(Cl)c(Cl)c(Cl)c(Cl)c4C3=O)[C@@H]2c2cccc(Br)c2)cc1F. The molecule has 0 radical (unpaired) electrons. The lowest BCUT2D eigenvalue weighted by Gasteiger charge is -2.49. The highest BCUT2D eigenvalue weighted by atomic mass is 79.9. The largest absolute Gasteiger partial charge is 0.300 e. The van der Waals surface area contributed by atoms with Crippen molar-refractivity contribution in [1.29, 1.82) is 0 Å². The molecule has 5 nitrogen and oxygen atoms in total. The Hall–Kier alpha value is -2.16. The number of nitrogens with zero attached hydrogens (tertiary/aromatic N) is 2. The van der Waals surface area contributed by atoms with Crippen LogP contribution in [0.3, 0.4) is 0 Å². The molecule has 2 aliphatic heterocycles. The Morgan fingerprint density at radius 2 is 1.40 bits per heavy atom. The van der Waals surface area contributed by atoms with Crippen LogP contribution in [0.4, 0.5) is 10.1 Å². The zero-order valence-electron chi connectivity index (χ0n) is 17.6. The second-order valence-corrected chi connectivity index (χ2v) is 10.5. The normalized spacial score (nSPS) is 19.3. The van der Waals surface area contributed by atoms with Crippen LogP contribution in [0.2, 0.25) is 20.1 Å². The number of carbonyl (C=O) groups excluding carboxylic acids is 3. The third kappa shape index (κ3) is 3.59. The summed E-state index contributed by atoms with van der Waals surface area (Å²) in [4.78, 5) is 42.5. The molecule has 5 rings (SSSR count). The number of benzene rings is 3. The highest BCUT2D eigenvalue weighted by Crippen LogP contribution is 2.49. The smallest absolute Gasteiger partial charge is 0.264 e. The third-order valence-electron chi connectivity index (χ3n) is 6.10. The van der Waals surface area contributed by atoms with E-state index < -0.39 is 35.6 Å². The average Bonchev–Trinajstić information content (AvgIpc) is 3.07. The van der Waals surface area contributed by atoms with Crippen LogP contribution >= 0.6 is 62.3 Å². The Morgan fingerprint density at radius 1 is 0.800 bits per heavy atom. The minimum Gasteiger partial charge on any atom is -0.300 e. The molecule has 0 aromatic heterocycles. The summed E-state index contributed by atoms with van der Waals surface area (Å²) in [5, 5.41) is -0.777. The van der Waals surface area contributed by atoms with Crippen LogP contribution in [0.15, 0.2) is 46.9 Å². The lowest BCUT2D eigenvalue weighted by Crippen LogP contribution is -2.67. The molecule has 3 amide bonds. The molecule has 0 unspecified atom stereocenters. The number of aryl methyl sites for hydroxylation is 1. The van der Waals surface area contributed by atoms with E-state index >= 15 is 0 Å². The summed E-state index contributed by atoms with van der Waals surface area (Å²) in [6, 6.07) is 9.42. The second kappa shape index (κ2) is 8.75. The zero-order valence-corrected chi connectivity index (χ0v) is 22.2. The molecule has 0 bridgehead atoms. The van der Waals surface area contributed by atoms with Gasteiger partial charge in [0.1, 0.15) is 11.9 Å². The van der Waals surface area contributed by atoms with Crippen LogP contribution in [0.5, 0.6) is 0 Å². The van der Waals surface area contributed by atoms with Crippen molar-refractivity contribution in [2.45, 2.75) is 19.0 Å². The topological polar surface area (TPSA) is 57.7 Å². The van der Waals surface area contributed by atoms with Crippen molar-refractivity contribution in [3.05, 3.63) is 95.1 Å². The van der Waals surface area contributed by atoms with Crippen LogP contribution in [0.25, 0.3) is 0 Å². The van der Waals surface area contributed by atoms with Gasteiger partial charge in [0.25, 0.3) is 17.7 Å². The van der Waals surface area contributed by atoms with Crippen molar-refractivity contribution >= 4 is 85.7 Å². The number of β-lactam (4-membered cyclic amide) rings is 1. The standard InChI is InChI=1S/C24H12BrCl4FN2O3/c1-9-5-6-12(8-13(9)30)31-20(10-3-2-4-11(25)7-10)21(24(31)35)32-22(33)14-15(23(32)34)17(27)19(29)18(28)16(14)26/h2-8,20-21H,1H3/t20-,21+/m0/s1. The van der Waals surface area contributed by atoms with Gasteiger partial charge < -0.3 is 4.90 Å². The lowest BCUT2D eigenvalue weighted by molar-refractivity contribution is -0.130.